The molecule has 1 heterocycles. The fourth-order valence-corrected chi connectivity index (χ4v) is 4.68. The summed E-state index contributed by atoms with van der Waals surface area (Å²) in [4.78, 5) is 6.45. The molecule has 0 unspecified atom stereocenters. The van der Waals surface area contributed by atoms with Crippen LogP contribution >= 0.6 is 11.3 Å². The van der Waals surface area contributed by atoms with Gasteiger partial charge in [-0.05, 0) is 31.6 Å². The minimum atomic E-state index is -0.107. The van der Waals surface area contributed by atoms with E-state index in [0.29, 0.717) is 5.92 Å². The molecule has 0 radical (unpaired) electrons. The van der Waals surface area contributed by atoms with Crippen molar-refractivity contribution in [3.63, 3.8) is 0 Å². The van der Waals surface area contributed by atoms with Crippen molar-refractivity contribution in [1.82, 2.24) is 10.3 Å². The minimum absolute atomic E-state index is 0.107. The van der Waals surface area contributed by atoms with Crippen molar-refractivity contribution >= 4 is 11.3 Å². The van der Waals surface area contributed by atoms with E-state index >= 15 is 0 Å². The van der Waals surface area contributed by atoms with Gasteiger partial charge in [0.25, 0.3) is 0 Å². The molecule has 0 spiro atoms. The smallest absolute Gasteiger partial charge is 0.125 e. The summed E-state index contributed by atoms with van der Waals surface area (Å²) in [5.74, 6) is 0.489. The van der Waals surface area contributed by atoms with Gasteiger partial charge in [0.15, 0.2) is 0 Å². The first-order valence-electron chi connectivity index (χ1n) is 8.43. The number of nitrogens with zero attached hydrogens (tertiary/aromatic N) is 1. The lowest BCUT2D eigenvalue weighted by Gasteiger charge is -2.34. The minimum Gasteiger partial charge on any atom is -0.371 e. The lowest BCUT2D eigenvalue weighted by Crippen LogP contribution is -2.31. The van der Waals surface area contributed by atoms with Crippen LogP contribution in [-0.4, -0.2) is 18.1 Å². The Kier molecular flexibility index (Phi) is 4.67. The van der Waals surface area contributed by atoms with Gasteiger partial charge in [0.2, 0.25) is 0 Å². The van der Waals surface area contributed by atoms with Crippen molar-refractivity contribution in [2.45, 2.75) is 82.9 Å². The van der Waals surface area contributed by atoms with Gasteiger partial charge in [-0.2, -0.15) is 0 Å². The predicted molar refractivity (Wildman–Crippen MR) is 87.8 cm³/mol. The number of hydrogen-bond acceptors (Lipinski definition) is 4. The first kappa shape index (κ1) is 15.4. The van der Waals surface area contributed by atoms with E-state index in [-0.39, 0.29) is 5.60 Å². The molecule has 2 fully saturated rings. The van der Waals surface area contributed by atoms with Gasteiger partial charge in [0, 0.05) is 24.6 Å². The SMILES string of the molecule is COC1(c2nc(C(C)C)c(CNC3CC3)s2)CCCCC1. The molecule has 118 valence electrons. The highest BCUT2D eigenvalue weighted by Gasteiger charge is 2.37. The molecule has 2 saturated carbocycles. The van der Waals surface area contributed by atoms with Crippen molar-refractivity contribution in [3.8, 4) is 0 Å². The highest BCUT2D eigenvalue weighted by atomic mass is 32.1. The van der Waals surface area contributed by atoms with Gasteiger partial charge in [0.1, 0.15) is 10.6 Å². The Balaban J connectivity index is 1.84. The van der Waals surface area contributed by atoms with Crippen LogP contribution in [0.3, 0.4) is 0 Å². The lowest BCUT2D eigenvalue weighted by atomic mass is 9.85. The molecule has 4 heteroatoms. The first-order valence-corrected chi connectivity index (χ1v) is 9.25. The van der Waals surface area contributed by atoms with E-state index in [1.165, 1.54) is 47.7 Å². The molecule has 1 aromatic rings. The molecule has 1 N–H and O–H groups in total. The average Bonchev–Trinajstić information content (AvgIpc) is 3.23. The summed E-state index contributed by atoms with van der Waals surface area (Å²) < 4.78 is 5.98. The Morgan fingerprint density at radius 3 is 2.57 bits per heavy atom. The molecule has 0 aliphatic heterocycles. The number of methoxy groups -OCH3 is 1. The second-order valence-electron chi connectivity index (χ2n) is 6.90. The van der Waals surface area contributed by atoms with E-state index in [4.69, 9.17) is 9.72 Å². The molecule has 0 saturated heterocycles. The van der Waals surface area contributed by atoms with Crippen LogP contribution in [0.5, 0.6) is 0 Å². The Morgan fingerprint density at radius 1 is 1.29 bits per heavy atom. The van der Waals surface area contributed by atoms with Crippen LogP contribution in [0.2, 0.25) is 0 Å². The summed E-state index contributed by atoms with van der Waals surface area (Å²) in [6.07, 6.45) is 8.80. The van der Waals surface area contributed by atoms with E-state index in [1.807, 2.05) is 18.4 Å². The highest BCUT2D eigenvalue weighted by Crippen LogP contribution is 2.43. The van der Waals surface area contributed by atoms with Gasteiger partial charge in [-0.3, -0.25) is 0 Å². The number of aromatic nitrogens is 1. The molecule has 2 aliphatic rings. The fraction of sp³-hybridized carbons (Fsp3) is 0.824. The average molecular weight is 308 g/mol. The maximum absolute atomic E-state index is 5.98. The Labute approximate surface area is 132 Å². The normalized spacial score (nSPS) is 21.9. The topological polar surface area (TPSA) is 34.1 Å². The monoisotopic (exact) mass is 308 g/mol. The van der Waals surface area contributed by atoms with Crippen LogP contribution in [0, 0.1) is 0 Å². The van der Waals surface area contributed by atoms with Crippen molar-refractivity contribution in [2.75, 3.05) is 7.11 Å². The fourth-order valence-electron chi connectivity index (χ4n) is 3.29. The summed E-state index contributed by atoms with van der Waals surface area (Å²) in [5, 5.41) is 4.87. The van der Waals surface area contributed by atoms with Crippen LogP contribution in [0.4, 0.5) is 0 Å². The summed E-state index contributed by atoms with van der Waals surface area (Å²) in [6, 6.07) is 0.752. The molecule has 1 aromatic heterocycles. The molecule has 3 rings (SSSR count). The second-order valence-corrected chi connectivity index (χ2v) is 7.98. The summed E-state index contributed by atoms with van der Waals surface area (Å²) >= 11 is 1.89. The van der Waals surface area contributed by atoms with Crippen LogP contribution in [-0.2, 0) is 16.9 Å². The van der Waals surface area contributed by atoms with Gasteiger partial charge >= 0.3 is 0 Å². The zero-order valence-corrected chi connectivity index (χ0v) is 14.4. The zero-order chi connectivity index (χ0) is 14.9. The number of hydrogen-bond donors (Lipinski definition) is 1. The lowest BCUT2D eigenvalue weighted by molar-refractivity contribution is -0.0447. The van der Waals surface area contributed by atoms with Crippen LogP contribution in [0.25, 0.3) is 0 Å². The molecular formula is C17H28N2OS. The van der Waals surface area contributed by atoms with Crippen molar-refractivity contribution in [3.05, 3.63) is 15.6 Å². The molecule has 3 nitrogen and oxygen atoms in total. The van der Waals surface area contributed by atoms with Gasteiger partial charge in [-0.25, -0.2) is 4.98 Å². The summed E-state index contributed by atoms with van der Waals surface area (Å²) in [7, 11) is 1.86. The molecule has 0 atom stereocenters. The molecule has 0 amide bonds. The van der Waals surface area contributed by atoms with Gasteiger partial charge < -0.3 is 10.1 Å². The van der Waals surface area contributed by atoms with E-state index < -0.39 is 0 Å². The van der Waals surface area contributed by atoms with Crippen molar-refractivity contribution in [2.24, 2.45) is 0 Å². The largest absolute Gasteiger partial charge is 0.371 e. The highest BCUT2D eigenvalue weighted by molar-refractivity contribution is 7.11. The third-order valence-corrected chi connectivity index (χ3v) is 6.10. The molecule has 0 aromatic carbocycles. The Hall–Kier alpha value is -0.450. The van der Waals surface area contributed by atoms with E-state index in [1.54, 1.807) is 0 Å². The standard InChI is InChI=1S/C17H28N2OS/c1-12(2)15-14(11-18-13-7-8-13)21-16(19-15)17(20-3)9-5-4-6-10-17/h12-13,18H,4-11H2,1-3H3. The molecule has 21 heavy (non-hydrogen) atoms. The molecule has 2 aliphatic carbocycles. The van der Waals surface area contributed by atoms with E-state index in [2.05, 4.69) is 19.2 Å². The van der Waals surface area contributed by atoms with Gasteiger partial charge in [0.05, 0.1) is 5.69 Å². The number of rotatable bonds is 6. The van der Waals surface area contributed by atoms with Gasteiger partial charge in [-0.1, -0.05) is 33.1 Å². The van der Waals surface area contributed by atoms with Crippen LogP contribution in [0.15, 0.2) is 0 Å². The van der Waals surface area contributed by atoms with Crippen LogP contribution in [0.1, 0.15) is 80.3 Å². The maximum Gasteiger partial charge on any atom is 0.125 e. The number of nitrogens with one attached hydrogen (secondary N) is 1. The maximum atomic E-state index is 5.98. The zero-order valence-electron chi connectivity index (χ0n) is 13.6. The summed E-state index contributed by atoms with van der Waals surface area (Å²) in [6.45, 7) is 5.48. The van der Waals surface area contributed by atoms with Crippen LogP contribution < -0.4 is 5.32 Å². The quantitative estimate of drug-likeness (QED) is 0.849. The predicted octanol–water partition coefficient (Wildman–Crippen LogP) is 4.32. The van der Waals surface area contributed by atoms with E-state index in [0.717, 1.165) is 25.4 Å². The van der Waals surface area contributed by atoms with Crippen molar-refractivity contribution in [1.29, 1.82) is 0 Å². The Bertz CT molecular complexity index is 473. The number of thiazole rings is 1. The number of ether oxygens (including phenoxy) is 1. The van der Waals surface area contributed by atoms with Gasteiger partial charge in [-0.15, -0.1) is 11.3 Å². The second kappa shape index (κ2) is 6.35. The van der Waals surface area contributed by atoms with E-state index in [9.17, 15) is 0 Å². The van der Waals surface area contributed by atoms with Crippen molar-refractivity contribution < 1.29 is 4.74 Å². The summed E-state index contributed by atoms with van der Waals surface area (Å²) in [5.41, 5.74) is 1.18. The third-order valence-electron chi connectivity index (χ3n) is 4.84. The first-order chi connectivity index (χ1) is 10.1. The molecule has 0 bridgehead atoms. The third kappa shape index (κ3) is 3.33. The molecular weight excluding hydrogens is 280 g/mol. The Morgan fingerprint density at radius 2 is 2.00 bits per heavy atom.